The van der Waals surface area contributed by atoms with Crippen LogP contribution in [0.1, 0.15) is 36.2 Å². The van der Waals surface area contributed by atoms with Crippen LogP contribution in [0, 0.1) is 5.82 Å². The first-order valence-corrected chi connectivity index (χ1v) is 10.3. The van der Waals surface area contributed by atoms with Crippen LogP contribution in [0.15, 0.2) is 53.7 Å². The van der Waals surface area contributed by atoms with Gasteiger partial charge >= 0.3 is 5.97 Å². The summed E-state index contributed by atoms with van der Waals surface area (Å²) in [5.41, 5.74) is 1.80. The maximum absolute atomic E-state index is 13.4. The van der Waals surface area contributed by atoms with E-state index in [1.807, 2.05) is 13.8 Å². The van der Waals surface area contributed by atoms with Gasteiger partial charge in [-0.3, -0.25) is 9.59 Å². The van der Waals surface area contributed by atoms with Gasteiger partial charge in [0.1, 0.15) is 5.82 Å². The first kappa shape index (κ1) is 22.9. The van der Waals surface area contributed by atoms with Gasteiger partial charge in [-0.1, -0.05) is 23.4 Å². The summed E-state index contributed by atoms with van der Waals surface area (Å²) in [4.78, 5) is 43.6. The predicted octanol–water partition coefficient (Wildman–Crippen LogP) is 2.98. The molecule has 1 atom stereocenters. The molecule has 9 heteroatoms. The first-order chi connectivity index (χ1) is 15.4. The van der Waals surface area contributed by atoms with E-state index in [1.54, 1.807) is 35.2 Å². The van der Waals surface area contributed by atoms with Gasteiger partial charge in [0.05, 0.1) is 5.71 Å². The highest BCUT2D eigenvalue weighted by molar-refractivity contribution is 6.03. The Hall–Kier alpha value is -3.75. The summed E-state index contributed by atoms with van der Waals surface area (Å²) in [5, 5.41) is 6.41. The van der Waals surface area contributed by atoms with Gasteiger partial charge in [0.25, 0.3) is 11.8 Å². The van der Waals surface area contributed by atoms with Gasteiger partial charge in [0.15, 0.2) is 6.61 Å². The molecule has 1 N–H and O–H groups in total. The zero-order valence-corrected chi connectivity index (χ0v) is 17.8. The Morgan fingerprint density at radius 2 is 1.91 bits per heavy atom. The van der Waals surface area contributed by atoms with Gasteiger partial charge in [0.2, 0.25) is 6.10 Å². The van der Waals surface area contributed by atoms with Crippen LogP contribution < -0.4 is 5.32 Å². The highest BCUT2D eigenvalue weighted by Crippen LogP contribution is 2.18. The molecule has 0 spiro atoms. The quantitative estimate of drug-likeness (QED) is 0.636. The van der Waals surface area contributed by atoms with E-state index in [2.05, 4.69) is 10.5 Å². The van der Waals surface area contributed by atoms with Gasteiger partial charge in [-0.2, -0.15) is 0 Å². The van der Waals surface area contributed by atoms with Crippen molar-refractivity contribution >= 4 is 29.2 Å². The van der Waals surface area contributed by atoms with Crippen molar-refractivity contribution < 1.29 is 28.3 Å². The third kappa shape index (κ3) is 5.69. The summed E-state index contributed by atoms with van der Waals surface area (Å²) in [5.74, 6) is -1.86. The summed E-state index contributed by atoms with van der Waals surface area (Å²) in [6, 6.07) is 12.3. The number of benzene rings is 2. The Morgan fingerprint density at radius 3 is 2.62 bits per heavy atom. The number of nitrogens with one attached hydrogen (secondary N) is 1. The molecule has 0 radical (unpaired) electrons. The van der Waals surface area contributed by atoms with Crippen molar-refractivity contribution in [2.24, 2.45) is 5.16 Å². The van der Waals surface area contributed by atoms with Crippen LogP contribution >= 0.6 is 0 Å². The van der Waals surface area contributed by atoms with Crippen molar-refractivity contribution in [1.29, 1.82) is 0 Å². The Bertz CT molecular complexity index is 1040. The van der Waals surface area contributed by atoms with Gasteiger partial charge in [-0.25, -0.2) is 9.18 Å². The number of carbonyl (C=O) groups excluding carboxylic acids is 3. The SMILES string of the molecule is CCN(CC)C(=O)c1cccc(NC(=O)COC(=O)C2CC(c3cccc(F)c3)=NO2)c1. The van der Waals surface area contributed by atoms with Gasteiger partial charge in [-0.15, -0.1) is 0 Å². The summed E-state index contributed by atoms with van der Waals surface area (Å²) in [6.45, 7) is 4.41. The summed E-state index contributed by atoms with van der Waals surface area (Å²) >= 11 is 0. The maximum Gasteiger partial charge on any atom is 0.351 e. The van der Waals surface area contributed by atoms with E-state index < -0.39 is 30.4 Å². The van der Waals surface area contributed by atoms with Crippen molar-refractivity contribution in [2.75, 3.05) is 25.0 Å². The van der Waals surface area contributed by atoms with Crippen LogP contribution in [0.2, 0.25) is 0 Å². The third-order valence-corrected chi connectivity index (χ3v) is 4.88. The van der Waals surface area contributed by atoms with E-state index in [9.17, 15) is 18.8 Å². The molecule has 0 fully saturated rings. The second-order valence-electron chi connectivity index (χ2n) is 7.06. The van der Waals surface area contributed by atoms with Crippen LogP contribution in [0.25, 0.3) is 0 Å². The summed E-state index contributed by atoms with van der Waals surface area (Å²) in [6.07, 6.45) is -0.893. The number of amides is 2. The lowest BCUT2D eigenvalue weighted by atomic mass is 10.1. The lowest BCUT2D eigenvalue weighted by Crippen LogP contribution is -2.30. The highest BCUT2D eigenvalue weighted by atomic mass is 19.1. The molecule has 0 saturated heterocycles. The molecule has 32 heavy (non-hydrogen) atoms. The Morgan fingerprint density at radius 1 is 1.16 bits per heavy atom. The van der Waals surface area contributed by atoms with Crippen LogP contribution in [-0.2, 0) is 19.2 Å². The van der Waals surface area contributed by atoms with Crippen LogP contribution in [0.3, 0.4) is 0 Å². The predicted molar refractivity (Wildman–Crippen MR) is 116 cm³/mol. The molecular formula is C23H24FN3O5. The topological polar surface area (TPSA) is 97.3 Å². The molecular weight excluding hydrogens is 417 g/mol. The molecule has 2 aromatic carbocycles. The molecule has 0 bridgehead atoms. The van der Waals surface area contributed by atoms with Gasteiger partial charge in [-0.05, 0) is 44.2 Å². The van der Waals surface area contributed by atoms with Gasteiger partial charge < -0.3 is 19.8 Å². The largest absolute Gasteiger partial charge is 0.453 e. The van der Waals surface area contributed by atoms with Crippen molar-refractivity contribution in [3.05, 3.63) is 65.5 Å². The molecule has 1 aliphatic heterocycles. The van der Waals surface area contributed by atoms with Crippen LogP contribution in [0.4, 0.5) is 10.1 Å². The molecule has 8 nitrogen and oxygen atoms in total. The number of rotatable bonds is 8. The number of anilines is 1. The first-order valence-electron chi connectivity index (χ1n) is 10.3. The molecule has 0 aliphatic carbocycles. The molecule has 0 saturated carbocycles. The number of esters is 1. The number of nitrogens with zero attached hydrogens (tertiary/aromatic N) is 2. The minimum Gasteiger partial charge on any atom is -0.453 e. The van der Waals surface area contributed by atoms with E-state index in [4.69, 9.17) is 9.57 Å². The maximum atomic E-state index is 13.4. The second kappa shape index (κ2) is 10.5. The summed E-state index contributed by atoms with van der Waals surface area (Å²) < 4.78 is 18.4. The molecule has 1 heterocycles. The molecule has 1 unspecified atom stereocenters. The highest BCUT2D eigenvalue weighted by Gasteiger charge is 2.30. The van der Waals surface area contributed by atoms with E-state index in [-0.39, 0.29) is 12.3 Å². The van der Waals surface area contributed by atoms with Crippen molar-refractivity contribution in [2.45, 2.75) is 26.4 Å². The molecule has 0 aromatic heterocycles. The number of halogens is 1. The lowest BCUT2D eigenvalue weighted by Gasteiger charge is -2.19. The minimum atomic E-state index is -1.00. The third-order valence-electron chi connectivity index (χ3n) is 4.88. The zero-order valence-electron chi connectivity index (χ0n) is 17.8. The number of carbonyl (C=O) groups is 3. The Balaban J connectivity index is 1.50. The fourth-order valence-electron chi connectivity index (χ4n) is 3.19. The number of ether oxygens (including phenoxy) is 1. The normalized spacial score (nSPS) is 14.8. The van der Waals surface area contributed by atoms with E-state index in [0.717, 1.165) is 0 Å². The standard InChI is InChI=1S/C23H24FN3O5/c1-3-27(4-2)22(29)16-8-6-10-18(12-16)25-21(28)14-31-23(30)20-13-19(26-32-20)15-7-5-9-17(24)11-15/h5-12,20H,3-4,13-14H2,1-2H3,(H,25,28). The molecule has 2 aromatic rings. The van der Waals surface area contributed by atoms with E-state index in [0.29, 0.717) is 35.6 Å². The van der Waals surface area contributed by atoms with Crippen molar-refractivity contribution in [3.8, 4) is 0 Å². The average Bonchev–Trinajstić information content (AvgIpc) is 3.29. The van der Waals surface area contributed by atoms with Crippen molar-refractivity contribution in [3.63, 3.8) is 0 Å². The zero-order chi connectivity index (χ0) is 23.1. The minimum absolute atomic E-state index is 0.111. The van der Waals surface area contributed by atoms with E-state index >= 15 is 0 Å². The number of hydrogen-bond donors (Lipinski definition) is 1. The summed E-state index contributed by atoms with van der Waals surface area (Å²) in [7, 11) is 0. The van der Waals surface area contributed by atoms with E-state index in [1.165, 1.54) is 18.2 Å². The van der Waals surface area contributed by atoms with Crippen LogP contribution in [-0.4, -0.2) is 54.2 Å². The Kier molecular flexibility index (Phi) is 7.54. The Labute approximate surface area is 185 Å². The fourth-order valence-corrected chi connectivity index (χ4v) is 3.19. The smallest absolute Gasteiger partial charge is 0.351 e. The molecule has 1 aliphatic rings. The number of oxime groups is 1. The monoisotopic (exact) mass is 441 g/mol. The second-order valence-corrected chi connectivity index (χ2v) is 7.06. The average molecular weight is 441 g/mol. The van der Waals surface area contributed by atoms with Crippen molar-refractivity contribution in [1.82, 2.24) is 4.90 Å². The lowest BCUT2D eigenvalue weighted by molar-refractivity contribution is -0.157. The molecule has 2 amide bonds. The van der Waals surface area contributed by atoms with Crippen LogP contribution in [0.5, 0.6) is 0 Å². The molecule has 168 valence electrons. The van der Waals surface area contributed by atoms with Gasteiger partial charge in [0, 0.05) is 36.3 Å². The fraction of sp³-hybridized carbons (Fsp3) is 0.304. The molecule has 3 rings (SSSR count). The number of hydrogen-bond acceptors (Lipinski definition) is 6.